The predicted molar refractivity (Wildman–Crippen MR) is 131 cm³/mol. The molecule has 34 heavy (non-hydrogen) atoms. The van der Waals surface area contributed by atoms with E-state index in [9.17, 15) is 14.4 Å². The summed E-state index contributed by atoms with van der Waals surface area (Å²) in [5.41, 5.74) is 3.39. The van der Waals surface area contributed by atoms with Crippen molar-refractivity contribution >= 4 is 28.6 Å². The lowest BCUT2D eigenvalue weighted by Crippen LogP contribution is -2.25. The smallest absolute Gasteiger partial charge is 0.344 e. The molecule has 0 bridgehead atoms. The van der Waals surface area contributed by atoms with Gasteiger partial charge in [0.1, 0.15) is 11.2 Å². The quantitative estimate of drug-likeness (QED) is 0.424. The average Bonchev–Trinajstić information content (AvgIpc) is 2.84. The number of aromatic nitrogens is 2. The SMILES string of the molecule is CCn1cc(C(=O)OCC(=O)Nc2ccccc2Cc2ccccc2)c(=O)c2ccc(C)nc21. The highest BCUT2D eigenvalue weighted by molar-refractivity contribution is 5.97. The van der Waals surface area contributed by atoms with Crippen molar-refractivity contribution < 1.29 is 14.3 Å². The zero-order valence-corrected chi connectivity index (χ0v) is 19.1. The molecule has 0 aliphatic carbocycles. The third-order valence-corrected chi connectivity index (χ3v) is 5.48. The number of amides is 1. The van der Waals surface area contributed by atoms with Crippen LogP contribution in [-0.2, 0) is 22.5 Å². The molecule has 4 rings (SSSR count). The fourth-order valence-electron chi connectivity index (χ4n) is 3.75. The number of esters is 1. The van der Waals surface area contributed by atoms with Crippen LogP contribution in [0.15, 0.2) is 77.7 Å². The van der Waals surface area contributed by atoms with E-state index >= 15 is 0 Å². The van der Waals surface area contributed by atoms with Gasteiger partial charge in [0, 0.05) is 24.1 Å². The molecule has 4 aromatic rings. The lowest BCUT2D eigenvalue weighted by atomic mass is 10.0. The highest BCUT2D eigenvalue weighted by Gasteiger charge is 2.19. The number of nitrogens with one attached hydrogen (secondary N) is 1. The zero-order valence-electron chi connectivity index (χ0n) is 19.1. The van der Waals surface area contributed by atoms with Gasteiger partial charge in [-0.1, -0.05) is 48.5 Å². The molecule has 0 saturated carbocycles. The van der Waals surface area contributed by atoms with E-state index < -0.39 is 23.9 Å². The van der Waals surface area contributed by atoms with Gasteiger partial charge in [0.05, 0.1) is 5.39 Å². The van der Waals surface area contributed by atoms with Gasteiger partial charge in [-0.3, -0.25) is 9.59 Å². The Morgan fingerprint density at radius 1 is 1.00 bits per heavy atom. The minimum Gasteiger partial charge on any atom is -0.452 e. The maximum Gasteiger partial charge on any atom is 0.344 e. The topological polar surface area (TPSA) is 90.3 Å². The van der Waals surface area contributed by atoms with Crippen LogP contribution in [0.5, 0.6) is 0 Å². The molecule has 0 radical (unpaired) electrons. The lowest BCUT2D eigenvalue weighted by molar-refractivity contribution is -0.119. The Bertz CT molecular complexity index is 1410. The molecular formula is C27H25N3O4. The number of ether oxygens (including phenoxy) is 1. The minimum absolute atomic E-state index is 0.128. The second kappa shape index (κ2) is 10.1. The fourth-order valence-corrected chi connectivity index (χ4v) is 3.75. The van der Waals surface area contributed by atoms with Gasteiger partial charge in [0.15, 0.2) is 6.61 Å². The summed E-state index contributed by atoms with van der Waals surface area (Å²) in [6, 6.07) is 20.8. The molecule has 2 aromatic heterocycles. The van der Waals surface area contributed by atoms with Crippen LogP contribution in [0.4, 0.5) is 5.69 Å². The van der Waals surface area contributed by atoms with Crippen molar-refractivity contribution in [3.63, 3.8) is 0 Å². The van der Waals surface area contributed by atoms with Crippen molar-refractivity contribution in [3.8, 4) is 0 Å². The Kier molecular flexibility index (Phi) is 6.82. The first-order valence-corrected chi connectivity index (χ1v) is 11.1. The second-order valence-electron chi connectivity index (χ2n) is 7.93. The van der Waals surface area contributed by atoms with Crippen molar-refractivity contribution in [3.05, 3.63) is 106 Å². The van der Waals surface area contributed by atoms with Crippen molar-refractivity contribution in [2.45, 2.75) is 26.8 Å². The molecule has 1 N–H and O–H groups in total. The molecule has 1 amide bonds. The number of hydrogen-bond donors (Lipinski definition) is 1. The van der Waals surface area contributed by atoms with Gasteiger partial charge in [-0.05, 0) is 49.6 Å². The number of nitrogens with zero attached hydrogens (tertiary/aromatic N) is 2. The van der Waals surface area contributed by atoms with Gasteiger partial charge < -0.3 is 14.6 Å². The highest BCUT2D eigenvalue weighted by atomic mass is 16.5. The molecule has 7 heteroatoms. The van der Waals surface area contributed by atoms with Crippen LogP contribution >= 0.6 is 0 Å². The molecule has 0 atom stereocenters. The first-order chi connectivity index (χ1) is 16.5. The van der Waals surface area contributed by atoms with Gasteiger partial charge in [0.2, 0.25) is 5.43 Å². The van der Waals surface area contributed by atoms with E-state index in [0.29, 0.717) is 29.7 Å². The van der Waals surface area contributed by atoms with Crippen LogP contribution in [0.25, 0.3) is 11.0 Å². The monoisotopic (exact) mass is 455 g/mol. The Hall–Kier alpha value is -4.26. The van der Waals surface area contributed by atoms with Crippen LogP contribution in [0.2, 0.25) is 0 Å². The third-order valence-electron chi connectivity index (χ3n) is 5.48. The third kappa shape index (κ3) is 5.04. The van der Waals surface area contributed by atoms with E-state index in [1.165, 1.54) is 6.20 Å². The molecule has 0 spiro atoms. The lowest BCUT2D eigenvalue weighted by Gasteiger charge is -2.13. The first-order valence-electron chi connectivity index (χ1n) is 11.1. The molecule has 172 valence electrons. The van der Waals surface area contributed by atoms with Crippen LogP contribution in [0, 0.1) is 6.92 Å². The Morgan fingerprint density at radius 2 is 1.74 bits per heavy atom. The molecule has 0 saturated heterocycles. The molecular weight excluding hydrogens is 430 g/mol. The van der Waals surface area contributed by atoms with Crippen LogP contribution in [-0.4, -0.2) is 28.0 Å². The number of hydrogen-bond acceptors (Lipinski definition) is 5. The summed E-state index contributed by atoms with van der Waals surface area (Å²) in [6.07, 6.45) is 2.09. The molecule has 2 aromatic carbocycles. The number of benzene rings is 2. The van der Waals surface area contributed by atoms with E-state index in [2.05, 4.69) is 10.3 Å². The maximum absolute atomic E-state index is 12.8. The summed E-state index contributed by atoms with van der Waals surface area (Å²) in [5.74, 6) is -1.33. The Labute approximate surface area is 197 Å². The summed E-state index contributed by atoms with van der Waals surface area (Å²) in [7, 11) is 0. The van der Waals surface area contributed by atoms with Gasteiger partial charge >= 0.3 is 5.97 Å². The van der Waals surface area contributed by atoms with E-state index in [-0.39, 0.29) is 5.56 Å². The molecule has 0 unspecified atom stereocenters. The number of rotatable bonds is 7. The van der Waals surface area contributed by atoms with E-state index in [1.807, 2.05) is 62.4 Å². The van der Waals surface area contributed by atoms with Gasteiger partial charge in [-0.25, -0.2) is 9.78 Å². The van der Waals surface area contributed by atoms with Crippen molar-refractivity contribution in [1.29, 1.82) is 0 Å². The average molecular weight is 456 g/mol. The van der Waals surface area contributed by atoms with Crippen LogP contribution in [0.1, 0.15) is 34.1 Å². The summed E-state index contributed by atoms with van der Waals surface area (Å²) in [6.45, 7) is 3.74. The highest BCUT2D eigenvalue weighted by Crippen LogP contribution is 2.19. The number of pyridine rings is 2. The maximum atomic E-state index is 12.8. The normalized spacial score (nSPS) is 10.8. The molecule has 2 heterocycles. The van der Waals surface area contributed by atoms with Crippen LogP contribution in [0.3, 0.4) is 0 Å². The number of para-hydroxylation sites is 1. The van der Waals surface area contributed by atoms with Crippen molar-refractivity contribution in [2.75, 3.05) is 11.9 Å². The molecule has 0 aliphatic heterocycles. The molecule has 0 fully saturated rings. The number of carbonyl (C=O) groups excluding carboxylic acids is 2. The van der Waals surface area contributed by atoms with Crippen molar-refractivity contribution in [1.82, 2.24) is 9.55 Å². The fraction of sp³-hybridized carbons (Fsp3) is 0.185. The Balaban J connectivity index is 1.47. The molecule has 0 aliphatic rings. The van der Waals surface area contributed by atoms with E-state index in [4.69, 9.17) is 4.74 Å². The predicted octanol–water partition coefficient (Wildman–Crippen LogP) is 4.11. The minimum atomic E-state index is -0.845. The first kappa shape index (κ1) is 22.9. The van der Waals surface area contributed by atoms with Gasteiger partial charge in [-0.2, -0.15) is 0 Å². The van der Waals surface area contributed by atoms with Crippen LogP contribution < -0.4 is 10.7 Å². The summed E-state index contributed by atoms with van der Waals surface area (Å²) in [5, 5.41) is 3.14. The number of aryl methyl sites for hydroxylation is 2. The number of anilines is 1. The number of carbonyl (C=O) groups is 2. The Morgan fingerprint density at radius 3 is 2.50 bits per heavy atom. The number of fused-ring (bicyclic) bond motifs is 1. The van der Waals surface area contributed by atoms with E-state index in [1.54, 1.807) is 22.8 Å². The molecule has 7 nitrogen and oxygen atoms in total. The largest absolute Gasteiger partial charge is 0.452 e. The van der Waals surface area contributed by atoms with E-state index in [0.717, 1.165) is 16.8 Å². The van der Waals surface area contributed by atoms with Crippen molar-refractivity contribution in [2.24, 2.45) is 0 Å². The standard InChI is InChI=1S/C27H25N3O4/c1-3-30-16-22(25(32)21-14-13-18(2)28-26(21)30)27(33)34-17-24(31)29-23-12-8-7-11-20(23)15-19-9-5-4-6-10-19/h4-14,16H,3,15,17H2,1-2H3,(H,29,31). The van der Waals surface area contributed by atoms with Gasteiger partial charge in [0.25, 0.3) is 5.91 Å². The summed E-state index contributed by atoms with van der Waals surface area (Å²) < 4.78 is 6.91. The van der Waals surface area contributed by atoms with Gasteiger partial charge in [-0.15, -0.1) is 0 Å². The second-order valence-corrected chi connectivity index (χ2v) is 7.93. The summed E-state index contributed by atoms with van der Waals surface area (Å²) in [4.78, 5) is 42.5. The zero-order chi connectivity index (χ0) is 24.1. The summed E-state index contributed by atoms with van der Waals surface area (Å²) >= 11 is 0.